The van der Waals surface area contributed by atoms with Gasteiger partial charge in [-0.3, -0.25) is 5.10 Å². The van der Waals surface area contributed by atoms with Crippen molar-refractivity contribution in [1.82, 2.24) is 15.1 Å². The lowest BCUT2D eigenvalue weighted by Crippen LogP contribution is -2.41. The quantitative estimate of drug-likeness (QED) is 0.905. The highest BCUT2D eigenvalue weighted by atomic mass is 16.6. The first-order chi connectivity index (χ1) is 9.39. The fraction of sp³-hybridized carbons (Fsp3) is 0.733. The standard InChI is InChI=1S/C15H25N3O2/c1-5-12-10-13(17-16-12)11-6-8-18(9-7-11)14(19)20-15(2,3)4/h10-11H,5-9H2,1-4H3,(H,16,17). The molecule has 0 unspecified atom stereocenters. The van der Waals surface area contributed by atoms with Crippen LogP contribution in [0, 0.1) is 0 Å². The van der Waals surface area contributed by atoms with E-state index >= 15 is 0 Å². The van der Waals surface area contributed by atoms with Crippen LogP contribution in [0.15, 0.2) is 6.07 Å². The van der Waals surface area contributed by atoms with Crippen molar-refractivity contribution in [2.45, 2.75) is 58.5 Å². The van der Waals surface area contributed by atoms with Crippen LogP contribution in [0.5, 0.6) is 0 Å². The molecule has 20 heavy (non-hydrogen) atoms. The summed E-state index contributed by atoms with van der Waals surface area (Å²) in [5.41, 5.74) is 1.88. The van der Waals surface area contributed by atoms with Crippen LogP contribution < -0.4 is 0 Å². The topological polar surface area (TPSA) is 58.2 Å². The summed E-state index contributed by atoms with van der Waals surface area (Å²) in [5.74, 6) is 0.449. The smallest absolute Gasteiger partial charge is 0.410 e. The van der Waals surface area contributed by atoms with Gasteiger partial charge < -0.3 is 9.64 Å². The second-order valence-electron chi connectivity index (χ2n) is 6.41. The zero-order valence-electron chi connectivity index (χ0n) is 12.9. The summed E-state index contributed by atoms with van der Waals surface area (Å²) in [5, 5.41) is 7.44. The molecule has 5 heteroatoms. The minimum Gasteiger partial charge on any atom is -0.444 e. The Bertz CT molecular complexity index is 454. The first kappa shape index (κ1) is 14.9. The van der Waals surface area contributed by atoms with Crippen molar-refractivity contribution >= 4 is 6.09 Å². The van der Waals surface area contributed by atoms with E-state index in [1.165, 1.54) is 5.69 Å². The van der Waals surface area contributed by atoms with Crippen molar-refractivity contribution in [3.8, 4) is 0 Å². The van der Waals surface area contributed by atoms with Crippen molar-refractivity contribution < 1.29 is 9.53 Å². The third-order valence-electron chi connectivity index (χ3n) is 3.60. The molecule has 0 bridgehead atoms. The number of likely N-dealkylation sites (tertiary alicyclic amines) is 1. The van der Waals surface area contributed by atoms with Crippen LogP contribution in [0.25, 0.3) is 0 Å². The number of carbonyl (C=O) groups excluding carboxylic acids is 1. The molecule has 1 aliphatic rings. The molecule has 2 heterocycles. The molecule has 2 rings (SSSR count). The molecule has 112 valence electrons. The number of carbonyl (C=O) groups is 1. The molecule has 1 saturated heterocycles. The highest BCUT2D eigenvalue weighted by Crippen LogP contribution is 2.27. The molecule has 1 N–H and O–H groups in total. The molecule has 1 amide bonds. The lowest BCUT2D eigenvalue weighted by atomic mass is 9.93. The van der Waals surface area contributed by atoms with Gasteiger partial charge in [0.1, 0.15) is 5.60 Å². The number of hydrogen-bond donors (Lipinski definition) is 1. The van der Waals surface area contributed by atoms with Gasteiger partial charge in [0.25, 0.3) is 0 Å². The summed E-state index contributed by atoms with van der Waals surface area (Å²) in [6, 6.07) is 2.15. The zero-order chi connectivity index (χ0) is 14.8. The van der Waals surface area contributed by atoms with Crippen molar-refractivity contribution in [3.05, 3.63) is 17.5 Å². The number of ether oxygens (including phenoxy) is 1. The molecule has 0 spiro atoms. The molecule has 1 aliphatic heterocycles. The third-order valence-corrected chi connectivity index (χ3v) is 3.60. The van der Waals surface area contributed by atoms with Gasteiger partial charge in [-0.15, -0.1) is 0 Å². The highest BCUT2D eigenvalue weighted by Gasteiger charge is 2.28. The summed E-state index contributed by atoms with van der Waals surface area (Å²) < 4.78 is 5.40. The molecule has 0 aromatic carbocycles. The average molecular weight is 279 g/mol. The van der Waals surface area contributed by atoms with Gasteiger partial charge in [0.15, 0.2) is 0 Å². The number of nitrogens with one attached hydrogen (secondary N) is 1. The van der Waals surface area contributed by atoms with Gasteiger partial charge in [0.2, 0.25) is 0 Å². The Morgan fingerprint density at radius 2 is 2.10 bits per heavy atom. The lowest BCUT2D eigenvalue weighted by Gasteiger charge is -2.32. The number of rotatable bonds is 2. The van der Waals surface area contributed by atoms with Gasteiger partial charge >= 0.3 is 6.09 Å². The normalized spacial score (nSPS) is 17.3. The first-order valence-electron chi connectivity index (χ1n) is 7.41. The summed E-state index contributed by atoms with van der Waals surface area (Å²) in [6.07, 6.45) is 2.68. The maximum Gasteiger partial charge on any atom is 0.410 e. The van der Waals surface area contributed by atoms with Gasteiger partial charge in [-0.2, -0.15) is 5.10 Å². The van der Waals surface area contributed by atoms with Crippen LogP contribution in [-0.4, -0.2) is 39.9 Å². The van der Waals surface area contributed by atoms with E-state index in [0.717, 1.165) is 38.0 Å². The Hall–Kier alpha value is -1.52. The predicted octanol–water partition coefficient (Wildman–Crippen LogP) is 3.09. The van der Waals surface area contributed by atoms with Crippen molar-refractivity contribution in [2.75, 3.05) is 13.1 Å². The van der Waals surface area contributed by atoms with E-state index in [0.29, 0.717) is 5.92 Å². The van der Waals surface area contributed by atoms with Crippen LogP contribution in [0.1, 0.15) is 57.8 Å². The molecule has 0 aliphatic carbocycles. The van der Waals surface area contributed by atoms with Gasteiger partial charge in [0, 0.05) is 24.7 Å². The van der Waals surface area contributed by atoms with E-state index in [4.69, 9.17) is 4.74 Å². The van der Waals surface area contributed by atoms with Gasteiger partial charge in [-0.05, 0) is 46.1 Å². The van der Waals surface area contributed by atoms with E-state index < -0.39 is 5.60 Å². The number of H-pyrrole nitrogens is 1. The van der Waals surface area contributed by atoms with Crippen LogP contribution in [0.3, 0.4) is 0 Å². The largest absolute Gasteiger partial charge is 0.444 e. The number of aromatic nitrogens is 2. The Kier molecular flexibility index (Phi) is 4.35. The number of piperidine rings is 1. The van der Waals surface area contributed by atoms with E-state index in [2.05, 4.69) is 23.2 Å². The number of aryl methyl sites for hydroxylation is 1. The van der Waals surface area contributed by atoms with E-state index in [1.807, 2.05) is 20.8 Å². The number of hydrogen-bond acceptors (Lipinski definition) is 3. The van der Waals surface area contributed by atoms with Crippen molar-refractivity contribution in [3.63, 3.8) is 0 Å². The monoisotopic (exact) mass is 279 g/mol. The molecular formula is C15H25N3O2. The maximum absolute atomic E-state index is 12.0. The molecule has 1 aromatic rings. The minimum atomic E-state index is -0.424. The molecule has 0 saturated carbocycles. The lowest BCUT2D eigenvalue weighted by molar-refractivity contribution is 0.0204. The van der Waals surface area contributed by atoms with Gasteiger partial charge in [-0.25, -0.2) is 4.79 Å². The average Bonchev–Trinajstić information content (AvgIpc) is 2.85. The highest BCUT2D eigenvalue weighted by molar-refractivity contribution is 5.68. The molecule has 0 radical (unpaired) electrons. The Morgan fingerprint density at radius 1 is 1.45 bits per heavy atom. The number of aromatic amines is 1. The second kappa shape index (κ2) is 5.85. The van der Waals surface area contributed by atoms with Gasteiger partial charge in [-0.1, -0.05) is 6.92 Å². The van der Waals surface area contributed by atoms with Crippen molar-refractivity contribution in [2.24, 2.45) is 0 Å². The summed E-state index contributed by atoms with van der Waals surface area (Å²) in [4.78, 5) is 13.8. The minimum absolute atomic E-state index is 0.202. The van der Waals surface area contributed by atoms with Crippen molar-refractivity contribution in [1.29, 1.82) is 0 Å². The SMILES string of the molecule is CCc1cc(C2CCN(C(=O)OC(C)(C)C)CC2)n[nH]1. The van der Waals surface area contributed by atoms with Crippen LogP contribution in [0.4, 0.5) is 4.79 Å². The molecule has 1 aromatic heterocycles. The molecular weight excluding hydrogens is 254 g/mol. The zero-order valence-corrected chi connectivity index (χ0v) is 12.9. The summed E-state index contributed by atoms with van der Waals surface area (Å²) >= 11 is 0. The Morgan fingerprint density at radius 3 is 2.60 bits per heavy atom. The van der Waals surface area contributed by atoms with E-state index in [-0.39, 0.29) is 6.09 Å². The number of nitrogens with zero attached hydrogens (tertiary/aromatic N) is 2. The van der Waals surface area contributed by atoms with E-state index in [1.54, 1.807) is 4.90 Å². The summed E-state index contributed by atoms with van der Waals surface area (Å²) in [7, 11) is 0. The molecule has 1 fully saturated rings. The van der Waals surface area contributed by atoms with Gasteiger partial charge in [0.05, 0.1) is 5.69 Å². The maximum atomic E-state index is 12.0. The fourth-order valence-corrected chi connectivity index (χ4v) is 2.45. The van der Waals surface area contributed by atoms with Crippen LogP contribution >= 0.6 is 0 Å². The number of amides is 1. The molecule has 0 atom stereocenters. The fourth-order valence-electron chi connectivity index (χ4n) is 2.45. The van der Waals surface area contributed by atoms with Crippen LogP contribution in [0.2, 0.25) is 0 Å². The first-order valence-corrected chi connectivity index (χ1v) is 7.41. The molecule has 5 nitrogen and oxygen atoms in total. The summed E-state index contributed by atoms with van der Waals surface area (Å²) in [6.45, 7) is 9.29. The third kappa shape index (κ3) is 3.74. The van der Waals surface area contributed by atoms with Crippen LogP contribution in [-0.2, 0) is 11.2 Å². The second-order valence-corrected chi connectivity index (χ2v) is 6.41. The Balaban J connectivity index is 1.87. The Labute approximate surface area is 120 Å². The predicted molar refractivity (Wildman–Crippen MR) is 77.7 cm³/mol. The van der Waals surface area contributed by atoms with E-state index in [9.17, 15) is 4.79 Å².